The number of hydrogen-bond donors (Lipinski definition) is 1. The Balaban J connectivity index is 1.65. The molecule has 0 unspecified atom stereocenters. The molecular weight excluding hydrogens is 338 g/mol. The van der Waals surface area contributed by atoms with E-state index >= 15 is 0 Å². The van der Waals surface area contributed by atoms with E-state index in [4.69, 9.17) is 16.1 Å². The second-order valence-electron chi connectivity index (χ2n) is 6.68. The van der Waals surface area contributed by atoms with Gasteiger partial charge < -0.3 is 14.7 Å². The Morgan fingerprint density at radius 1 is 1.32 bits per heavy atom. The summed E-state index contributed by atoms with van der Waals surface area (Å²) in [6.45, 7) is 2.40. The van der Waals surface area contributed by atoms with Gasteiger partial charge in [-0.25, -0.2) is 0 Å². The smallest absolute Gasteiger partial charge is 0.255 e. The summed E-state index contributed by atoms with van der Waals surface area (Å²) >= 11 is 6.37. The van der Waals surface area contributed by atoms with Crippen LogP contribution in [0.3, 0.4) is 0 Å². The molecule has 2 aromatic rings. The number of nitrogens with zero attached hydrogens (tertiary/aromatic N) is 2. The van der Waals surface area contributed by atoms with Gasteiger partial charge in [0.2, 0.25) is 0 Å². The monoisotopic (exact) mass is 361 g/mol. The number of aromatic nitrogens is 1. The molecule has 1 amide bonds. The van der Waals surface area contributed by atoms with E-state index in [-0.39, 0.29) is 5.91 Å². The van der Waals surface area contributed by atoms with Crippen molar-refractivity contribution in [2.24, 2.45) is 0 Å². The maximum atomic E-state index is 12.8. The Kier molecular flexibility index (Phi) is 5.63. The minimum atomic E-state index is -0.00410. The van der Waals surface area contributed by atoms with Crippen molar-refractivity contribution in [1.29, 1.82) is 0 Å². The van der Waals surface area contributed by atoms with E-state index in [1.807, 2.05) is 31.0 Å². The van der Waals surface area contributed by atoms with Gasteiger partial charge in [0.25, 0.3) is 5.91 Å². The van der Waals surface area contributed by atoms with Gasteiger partial charge in [-0.05, 0) is 38.0 Å². The van der Waals surface area contributed by atoms with Gasteiger partial charge in [0.05, 0.1) is 17.1 Å². The minimum absolute atomic E-state index is 0.00410. The van der Waals surface area contributed by atoms with Gasteiger partial charge in [-0.2, -0.15) is 0 Å². The third kappa shape index (κ3) is 4.34. The molecule has 1 aromatic carbocycles. The zero-order valence-corrected chi connectivity index (χ0v) is 15.5. The highest BCUT2D eigenvalue weighted by Gasteiger charge is 2.24. The third-order valence-corrected chi connectivity index (χ3v) is 5.11. The molecule has 0 saturated heterocycles. The summed E-state index contributed by atoms with van der Waals surface area (Å²) < 4.78 is 5.04. The van der Waals surface area contributed by atoms with Crippen molar-refractivity contribution in [1.82, 2.24) is 10.1 Å². The van der Waals surface area contributed by atoms with Gasteiger partial charge >= 0.3 is 0 Å². The van der Waals surface area contributed by atoms with Gasteiger partial charge in [0, 0.05) is 24.8 Å². The molecule has 1 N–H and O–H groups in total. The van der Waals surface area contributed by atoms with Crippen molar-refractivity contribution in [2.75, 3.05) is 12.4 Å². The summed E-state index contributed by atoms with van der Waals surface area (Å²) in [7, 11) is 1.88. The lowest BCUT2D eigenvalue weighted by Gasteiger charge is -2.31. The Hall–Kier alpha value is -2.01. The van der Waals surface area contributed by atoms with Gasteiger partial charge in [-0.1, -0.05) is 36.0 Å². The number of rotatable bonds is 5. The fourth-order valence-corrected chi connectivity index (χ4v) is 3.58. The molecule has 3 rings (SSSR count). The van der Waals surface area contributed by atoms with Crippen LogP contribution in [0.15, 0.2) is 28.8 Å². The lowest BCUT2D eigenvalue weighted by Crippen LogP contribution is -2.38. The Labute approximate surface area is 153 Å². The van der Waals surface area contributed by atoms with Crippen LogP contribution >= 0.6 is 11.6 Å². The molecule has 5 nitrogen and oxygen atoms in total. The average Bonchev–Trinajstić information content (AvgIpc) is 3.05. The van der Waals surface area contributed by atoms with E-state index < -0.39 is 0 Å². The number of carbonyl (C=O) groups is 1. The molecule has 1 aliphatic carbocycles. The topological polar surface area (TPSA) is 58.4 Å². The molecule has 1 aliphatic rings. The van der Waals surface area contributed by atoms with Crippen LogP contribution < -0.4 is 5.32 Å². The maximum Gasteiger partial charge on any atom is 0.255 e. The molecule has 0 radical (unpaired) electrons. The number of benzene rings is 1. The molecule has 0 bridgehead atoms. The molecule has 0 spiro atoms. The quantitative estimate of drug-likeness (QED) is 0.841. The maximum absolute atomic E-state index is 12.8. The predicted molar refractivity (Wildman–Crippen MR) is 99.0 cm³/mol. The second-order valence-corrected chi connectivity index (χ2v) is 7.09. The van der Waals surface area contributed by atoms with Crippen molar-refractivity contribution >= 4 is 23.2 Å². The first-order valence-electron chi connectivity index (χ1n) is 8.77. The summed E-state index contributed by atoms with van der Waals surface area (Å²) in [5.41, 5.74) is 2.23. The molecule has 1 aromatic heterocycles. The van der Waals surface area contributed by atoms with Crippen molar-refractivity contribution in [2.45, 2.75) is 51.6 Å². The molecule has 6 heteroatoms. The lowest BCUT2D eigenvalue weighted by molar-refractivity contribution is 0.0696. The van der Waals surface area contributed by atoms with Crippen LogP contribution in [0.4, 0.5) is 5.69 Å². The highest BCUT2D eigenvalue weighted by molar-refractivity contribution is 6.34. The molecule has 1 saturated carbocycles. The fraction of sp³-hybridized carbons (Fsp3) is 0.474. The van der Waals surface area contributed by atoms with Crippen molar-refractivity contribution < 1.29 is 9.32 Å². The van der Waals surface area contributed by atoms with E-state index in [1.54, 1.807) is 12.1 Å². The van der Waals surface area contributed by atoms with Gasteiger partial charge in [-0.3, -0.25) is 4.79 Å². The number of aryl methyl sites for hydroxylation is 1. The van der Waals surface area contributed by atoms with Crippen molar-refractivity contribution in [3.05, 3.63) is 46.3 Å². The summed E-state index contributed by atoms with van der Waals surface area (Å²) in [5, 5.41) is 7.65. The summed E-state index contributed by atoms with van der Waals surface area (Å²) in [6, 6.07) is 7.66. The lowest BCUT2D eigenvalue weighted by atomic mass is 9.94. The van der Waals surface area contributed by atoms with Crippen molar-refractivity contribution in [3.8, 4) is 0 Å². The van der Waals surface area contributed by atoms with E-state index in [0.717, 1.165) is 30.0 Å². The normalized spacial score (nSPS) is 15.2. The van der Waals surface area contributed by atoms with Crippen LogP contribution in [-0.2, 0) is 6.54 Å². The first-order valence-corrected chi connectivity index (χ1v) is 9.15. The summed E-state index contributed by atoms with van der Waals surface area (Å²) in [6.07, 6.45) is 5.82. The number of carbonyl (C=O) groups excluding carboxylic acids is 1. The van der Waals surface area contributed by atoms with Gasteiger partial charge in [0.1, 0.15) is 11.5 Å². The predicted octanol–water partition coefficient (Wildman–Crippen LogP) is 4.65. The highest BCUT2D eigenvalue weighted by Crippen LogP contribution is 2.26. The molecule has 25 heavy (non-hydrogen) atoms. The van der Waals surface area contributed by atoms with Gasteiger partial charge in [-0.15, -0.1) is 0 Å². The molecule has 1 heterocycles. The van der Waals surface area contributed by atoms with E-state index in [0.29, 0.717) is 23.2 Å². The average molecular weight is 362 g/mol. The van der Waals surface area contributed by atoms with Crippen molar-refractivity contribution in [3.63, 3.8) is 0 Å². The molecule has 0 aliphatic heterocycles. The van der Waals surface area contributed by atoms with Crippen LogP contribution in [-0.4, -0.2) is 29.1 Å². The number of nitrogens with one attached hydrogen (secondary N) is 1. The number of amides is 1. The summed E-state index contributed by atoms with van der Waals surface area (Å²) in [5.74, 6) is 0.775. The second kappa shape index (κ2) is 7.91. The Bertz CT molecular complexity index is 738. The minimum Gasteiger partial charge on any atom is -0.379 e. The third-order valence-electron chi connectivity index (χ3n) is 4.79. The number of halogens is 1. The molecule has 134 valence electrons. The zero-order chi connectivity index (χ0) is 17.8. The number of anilines is 1. The Morgan fingerprint density at radius 3 is 2.72 bits per heavy atom. The molecular formula is C19H24ClN3O2. The van der Waals surface area contributed by atoms with Crippen LogP contribution in [0.2, 0.25) is 5.02 Å². The Morgan fingerprint density at radius 2 is 2.08 bits per heavy atom. The van der Waals surface area contributed by atoms with E-state index in [9.17, 15) is 4.79 Å². The SMILES string of the molecule is Cc1cc(CNc2ccc(C(=O)N(C)C3CCCCC3)c(Cl)c2)no1. The first kappa shape index (κ1) is 17.8. The number of hydrogen-bond acceptors (Lipinski definition) is 4. The molecule has 1 fully saturated rings. The first-order chi connectivity index (χ1) is 12.0. The highest BCUT2D eigenvalue weighted by atomic mass is 35.5. The zero-order valence-electron chi connectivity index (χ0n) is 14.7. The van der Waals surface area contributed by atoms with Crippen LogP contribution in [0, 0.1) is 6.92 Å². The van der Waals surface area contributed by atoms with Gasteiger partial charge in [0.15, 0.2) is 0 Å². The van der Waals surface area contributed by atoms with Crippen LogP contribution in [0.5, 0.6) is 0 Å². The summed E-state index contributed by atoms with van der Waals surface area (Å²) in [4.78, 5) is 14.6. The standard InChI is InChI=1S/C19H24ClN3O2/c1-13-10-15(22-25-13)12-21-14-8-9-17(18(20)11-14)19(24)23(2)16-6-4-3-5-7-16/h8-11,16,21H,3-7,12H2,1-2H3. The van der Waals surface area contributed by atoms with Crippen LogP contribution in [0.1, 0.15) is 53.9 Å². The largest absolute Gasteiger partial charge is 0.379 e. The van der Waals surface area contributed by atoms with Crippen LogP contribution in [0.25, 0.3) is 0 Å². The molecule has 0 atom stereocenters. The van der Waals surface area contributed by atoms with E-state index in [2.05, 4.69) is 10.5 Å². The van der Waals surface area contributed by atoms with E-state index in [1.165, 1.54) is 19.3 Å². The fourth-order valence-electron chi connectivity index (χ4n) is 3.32.